The summed E-state index contributed by atoms with van der Waals surface area (Å²) in [6, 6.07) is 72.8. The highest BCUT2D eigenvalue weighted by atomic mass is 35.5. The number of nitrogens with zero attached hydrogens (tertiary/aromatic N) is 3. The molecule has 42 heteroatoms. The van der Waals surface area contributed by atoms with E-state index in [0.717, 1.165) is 107 Å². The van der Waals surface area contributed by atoms with Gasteiger partial charge in [-0.05, 0) is 191 Å². The molecule has 0 heterocycles. The fourth-order valence-corrected chi connectivity index (χ4v) is 22.3. The normalized spacial score (nSPS) is 13.1. The summed E-state index contributed by atoms with van der Waals surface area (Å²) in [5, 5.41) is 34.0. The van der Waals surface area contributed by atoms with Gasteiger partial charge in [0.15, 0.2) is 0 Å². The van der Waals surface area contributed by atoms with Crippen molar-refractivity contribution in [2.45, 2.75) is 187 Å². The van der Waals surface area contributed by atoms with Crippen LogP contribution in [-0.4, -0.2) is 77.7 Å². The van der Waals surface area contributed by atoms with Gasteiger partial charge in [-0.2, -0.15) is 0 Å². The van der Waals surface area contributed by atoms with E-state index in [1.807, 2.05) is 82.3 Å². The van der Waals surface area contributed by atoms with Crippen molar-refractivity contribution in [2.24, 2.45) is 0 Å². The van der Waals surface area contributed by atoms with Crippen LogP contribution in [0.1, 0.15) is 183 Å². The number of nitro benzene ring substituents is 3. The van der Waals surface area contributed by atoms with Crippen LogP contribution in [0.15, 0.2) is 267 Å². The third-order valence-electron chi connectivity index (χ3n) is 19.8. The molecule has 0 saturated heterocycles. The average Bonchev–Trinajstić information content (AvgIpc) is 0.812. The summed E-state index contributed by atoms with van der Waals surface area (Å²) in [7, 11) is -22.9. The summed E-state index contributed by atoms with van der Waals surface area (Å²) in [6.45, 7) is 26.1. The van der Waals surface area contributed by atoms with Crippen molar-refractivity contribution < 1.29 is 110 Å². The number of hydrogen-bond donors (Lipinski definition) is 0. The monoisotopic (exact) mass is 2250 g/mol. The van der Waals surface area contributed by atoms with Crippen LogP contribution in [0, 0.1) is 51.1 Å². The predicted molar refractivity (Wildman–Crippen MR) is 590 cm³/mol. The summed E-state index contributed by atoms with van der Waals surface area (Å²) in [4.78, 5) is 30.3. The maximum atomic E-state index is 13.3. The number of aryl methyl sites for hydroxylation is 3. The maximum absolute atomic E-state index is 13.3. The molecule has 11 rings (SSSR count). The van der Waals surface area contributed by atoms with Gasteiger partial charge in [0.1, 0.15) is 63.2 Å². The van der Waals surface area contributed by atoms with E-state index in [9.17, 15) is 62.3 Å². The van der Waals surface area contributed by atoms with E-state index in [4.69, 9.17) is 121 Å². The van der Waals surface area contributed by atoms with Gasteiger partial charge in [-0.3, -0.25) is 43.9 Å². The van der Waals surface area contributed by atoms with E-state index < -0.39 is 67.9 Å². The van der Waals surface area contributed by atoms with Crippen LogP contribution in [0.3, 0.4) is 0 Å². The Balaban J connectivity index is 0.000000355. The Morgan fingerprint density at radius 1 is 0.233 bits per heavy atom. The van der Waals surface area contributed by atoms with Gasteiger partial charge < -0.3 is 49.8 Å². The zero-order chi connectivity index (χ0) is 107. The molecule has 798 valence electrons. The first kappa shape index (κ1) is 129. The Morgan fingerprint density at radius 3 is 0.788 bits per heavy atom. The van der Waals surface area contributed by atoms with E-state index in [1.165, 1.54) is 72.8 Å². The van der Waals surface area contributed by atoms with Crippen LogP contribution in [0.5, 0.6) is 63.2 Å². The molecule has 0 aliphatic heterocycles. The van der Waals surface area contributed by atoms with Crippen LogP contribution in [0.25, 0.3) is 0 Å². The molecule has 0 N–H and O–H groups in total. The topological polar surface area (TPSA) is 378 Å². The van der Waals surface area contributed by atoms with Crippen molar-refractivity contribution >= 4 is 128 Å². The quantitative estimate of drug-likeness (QED) is 0.0148. The molecule has 0 radical (unpaired) electrons. The number of benzene rings is 11. The summed E-state index contributed by atoms with van der Waals surface area (Å²) in [6.07, 6.45) is 15.6. The Morgan fingerprint density at radius 2 is 0.479 bits per heavy atom. The number of unbranched alkanes of at least 4 members (excludes halogenated alkanes) is 9. The van der Waals surface area contributed by atoms with Gasteiger partial charge in [0, 0.05) is 30.3 Å². The van der Waals surface area contributed by atoms with Gasteiger partial charge in [-0.1, -0.05) is 301 Å². The number of halogens is 5. The molecule has 0 aromatic heterocycles. The zero-order valence-corrected chi connectivity index (χ0v) is 93.8. The summed E-state index contributed by atoms with van der Waals surface area (Å²) >= 11 is 30.1. The Hall–Kier alpha value is -9.64. The second-order valence-electron chi connectivity index (χ2n) is 31.8. The predicted octanol–water partition coefficient (Wildman–Crippen LogP) is 37.4. The van der Waals surface area contributed by atoms with Gasteiger partial charge in [-0.15, -0.1) is 0 Å². The third-order valence-corrected chi connectivity index (χ3v) is 34.0. The molecular formula is C104H135Cl5N3O27P7. The van der Waals surface area contributed by atoms with Crippen LogP contribution >= 0.6 is 111 Å². The van der Waals surface area contributed by atoms with E-state index >= 15 is 0 Å². The summed E-state index contributed by atoms with van der Waals surface area (Å²) < 4.78 is 166. The van der Waals surface area contributed by atoms with Crippen LogP contribution in [0.2, 0.25) is 25.1 Å². The first-order valence-corrected chi connectivity index (χ1v) is 61.5. The minimum atomic E-state index is -3.44. The molecule has 11 aromatic carbocycles. The number of rotatable bonds is 52. The lowest BCUT2D eigenvalue weighted by Crippen LogP contribution is -2.06. The molecule has 146 heavy (non-hydrogen) atoms. The minimum absolute atomic E-state index is 0. The number of hydrogen-bond acceptors (Lipinski definition) is 27. The van der Waals surface area contributed by atoms with Crippen LogP contribution in [-0.2, 0) is 45.5 Å². The fourth-order valence-electron chi connectivity index (χ4n) is 11.7. The van der Waals surface area contributed by atoms with Crippen molar-refractivity contribution in [1.29, 1.82) is 0 Å². The lowest BCUT2D eigenvalue weighted by Gasteiger charge is -2.21. The van der Waals surface area contributed by atoms with E-state index in [1.54, 1.807) is 174 Å². The highest BCUT2D eigenvalue weighted by Gasteiger charge is 2.34. The van der Waals surface area contributed by atoms with E-state index in [0.29, 0.717) is 115 Å². The van der Waals surface area contributed by atoms with Gasteiger partial charge in [-0.25, -0.2) is 32.0 Å². The van der Waals surface area contributed by atoms with E-state index in [-0.39, 0.29) is 60.6 Å². The molecule has 0 aliphatic rings. The zero-order valence-electron chi connectivity index (χ0n) is 83.8. The molecular weight excluding hydrogens is 2120 g/mol. The molecule has 0 aliphatic carbocycles. The molecule has 30 nitrogen and oxygen atoms in total. The smallest absolute Gasteiger partial charge is 0.424 e. The summed E-state index contributed by atoms with van der Waals surface area (Å²) in [5.74, 6) is 4.07. The largest absolute Gasteiger partial charge is 0.430 e. The Labute approximate surface area is 884 Å². The molecule has 6 atom stereocenters. The standard InChI is InChI=1S/C19H24ClO3P.C16H26ClO3P.2C15H16NO5P.C14H13Cl2O3P.C12H18ClO3P.C12H18NO5P.CH4/c1-3-4-5-8-14-24(21,22-17-11-9-10-16(2)15-17)23-19-13-7-6-12-18(19)20;1-3-5-7-10-14-21(18,19-13-6-4-2)20-16-12-9-8-11-15(16)17;1-3-22(19,20-14-8-4-12(2)5-9-14)21-15-10-6-13(7-11-15)16(17)18;1-3-22(19,20-14-8-4-6-12(2)10-14)21-15-9-5-7-13(11-15)16(17)18;1-2-20(17,18-13-9-5-3-7-11(13)15)19-14-10-6-4-8-12(14)16;1-3-5-10-15-17(14,4-2)16-12-9-7-6-8-11(12)13;1-3-5-10-17-19(16,4-2)18-12-8-6-11(7-9-12)13(14)15;/h6-7,9-13,15H,3-5,8,14H2,1-2H3;8-9,11-12H,3-7,10,13-14H2,1-2H3;2*4-11H,3H2,1-2H3;3-10H,2H2,1H3;6-9H,3-5,10H2,1-2H3;6-9H,3-5,10H2,1-2H3;1H4. The molecule has 11 aromatic rings. The maximum Gasteiger partial charge on any atom is 0.430 e. The lowest BCUT2D eigenvalue weighted by molar-refractivity contribution is -0.385. The van der Waals surface area contributed by atoms with Crippen molar-refractivity contribution in [3.05, 3.63) is 339 Å². The van der Waals surface area contributed by atoms with Gasteiger partial charge in [0.05, 0.1) is 109 Å². The molecule has 0 bridgehead atoms. The fraction of sp³-hybridized carbons (Fsp3) is 0.365. The average molecular weight is 2250 g/mol. The molecule has 0 spiro atoms. The Bertz CT molecular complexity index is 6070. The Kier molecular flexibility index (Phi) is 60.0. The van der Waals surface area contributed by atoms with Crippen LogP contribution in [0.4, 0.5) is 17.1 Å². The highest BCUT2D eigenvalue weighted by molar-refractivity contribution is 7.56. The molecule has 6 unspecified atom stereocenters. The first-order valence-electron chi connectivity index (χ1n) is 47.5. The van der Waals surface area contributed by atoms with Gasteiger partial charge in [0.2, 0.25) is 0 Å². The second kappa shape index (κ2) is 68.1. The van der Waals surface area contributed by atoms with Crippen molar-refractivity contribution in [3.8, 4) is 63.2 Å². The van der Waals surface area contributed by atoms with Crippen LogP contribution < -0.4 is 49.8 Å². The molecule has 0 saturated carbocycles. The summed E-state index contributed by atoms with van der Waals surface area (Å²) in [5.41, 5.74) is 2.85. The molecule has 0 fully saturated rings. The number of para-hydroxylation sites is 5. The molecule has 0 amide bonds. The number of non-ortho nitro benzene ring substituents is 3. The van der Waals surface area contributed by atoms with Gasteiger partial charge in [0.25, 0.3) is 17.1 Å². The number of nitro groups is 3. The van der Waals surface area contributed by atoms with Crippen molar-refractivity contribution in [1.82, 2.24) is 0 Å². The highest BCUT2D eigenvalue weighted by Crippen LogP contribution is 2.57. The first-order chi connectivity index (χ1) is 69.1. The second-order valence-corrected chi connectivity index (χ2v) is 49.3. The minimum Gasteiger partial charge on any atom is -0.424 e. The van der Waals surface area contributed by atoms with Gasteiger partial charge >= 0.3 is 53.2 Å². The SMILES string of the molecule is C.CCCCCCP(=O)(OCCCC)Oc1ccccc1Cl.CCCCCCP(=O)(Oc1cccc(C)c1)Oc1ccccc1Cl.CCCCOP(=O)(CC)Oc1ccc([N+](=O)[O-])cc1.CCCCOP(=O)(CC)Oc1ccccc1Cl.CCP(=O)(Oc1ccc(C)cc1)Oc1ccc([N+](=O)[O-])cc1.CCP(=O)(Oc1cccc(C)c1)Oc1cccc([N+](=O)[O-])c1.CCP(=O)(Oc1ccccc1Cl)Oc1ccccc1Cl. The van der Waals surface area contributed by atoms with Crippen molar-refractivity contribution in [3.63, 3.8) is 0 Å². The van der Waals surface area contributed by atoms with Crippen molar-refractivity contribution in [2.75, 3.05) is 63.0 Å². The lowest BCUT2D eigenvalue weighted by atomic mass is 10.2. The third kappa shape index (κ3) is 49.7. The van der Waals surface area contributed by atoms with E-state index in [2.05, 4.69) is 27.7 Å².